The number of phenolic OH excluding ortho intramolecular Hbond substituents is 1. The van der Waals surface area contributed by atoms with Gasteiger partial charge in [0.25, 0.3) is 0 Å². The molecule has 3 amide bonds. The second-order valence-corrected chi connectivity index (χ2v) is 20.1. The van der Waals surface area contributed by atoms with Crippen molar-refractivity contribution in [2.45, 2.75) is 236 Å². The number of hydrogen-bond donors (Lipinski definition) is 19. The molecule has 5 aromatic rings. The number of fused-ring (bicyclic) bond motifs is 1. The zero-order valence-corrected chi connectivity index (χ0v) is 81.6. The maximum atomic E-state index is 10.7. The lowest BCUT2D eigenvalue weighted by Gasteiger charge is -2.08. The van der Waals surface area contributed by atoms with E-state index in [2.05, 4.69) is 159 Å². The first-order valence-electron chi connectivity index (χ1n) is 33.6. The molecule has 38 nitrogen and oxygen atoms in total. The van der Waals surface area contributed by atoms with E-state index in [1.54, 1.807) is 44.7 Å². The lowest BCUT2D eigenvalue weighted by molar-refractivity contribution is -0.138. The summed E-state index contributed by atoms with van der Waals surface area (Å²) in [6.07, 6.45) is 6.22. The van der Waals surface area contributed by atoms with Crippen LogP contribution in [0.4, 0.5) is 0 Å². The van der Waals surface area contributed by atoms with E-state index in [4.69, 9.17) is 94.5 Å². The Balaban J connectivity index is -0.0000000211. The molecule has 0 saturated heterocycles. The number of primary amides is 3. The summed E-state index contributed by atoms with van der Waals surface area (Å²) in [5.41, 5.74) is 28.1. The average Bonchev–Trinajstić information content (AvgIpc) is 0.839. The van der Waals surface area contributed by atoms with E-state index < -0.39 is 35.8 Å². The number of nitrogens with two attached hydrogens (primary N) is 4. The highest BCUT2D eigenvalue weighted by Gasteiger charge is 2.09. The lowest BCUT2D eigenvalue weighted by atomic mass is 10.0. The van der Waals surface area contributed by atoms with Gasteiger partial charge in [0.15, 0.2) is 0 Å². The van der Waals surface area contributed by atoms with E-state index in [0.29, 0.717) is 36.2 Å². The van der Waals surface area contributed by atoms with Crippen molar-refractivity contribution in [3.63, 3.8) is 0 Å². The molecule has 1 unspecified atom stereocenters. The van der Waals surface area contributed by atoms with Crippen molar-refractivity contribution in [1.29, 1.82) is 0 Å². The zero-order valence-electron chi connectivity index (χ0n) is 78.8. The number of amides is 3. The van der Waals surface area contributed by atoms with Gasteiger partial charge in [-0.05, 0) is 96.5 Å². The normalized spacial score (nSPS) is 6.74. The van der Waals surface area contributed by atoms with Crippen LogP contribution in [0.1, 0.15) is 225 Å². The van der Waals surface area contributed by atoms with Crippen molar-refractivity contribution in [2.75, 3.05) is 5.75 Å². The summed E-state index contributed by atoms with van der Waals surface area (Å²) < 4.78 is 0. The predicted molar refractivity (Wildman–Crippen MR) is 540 cm³/mol. The number of carbonyl (C=O) groups excluding carboxylic acids is 15. The number of aryl methyl sites for hydroxylation is 5. The second kappa shape index (κ2) is 233. The van der Waals surface area contributed by atoms with Gasteiger partial charge in [-0.2, -0.15) is 38.8 Å². The predicted octanol–water partition coefficient (Wildman–Crippen LogP) is 17.1. The van der Waals surface area contributed by atoms with Gasteiger partial charge in [0, 0.05) is 50.5 Å². The highest BCUT2D eigenvalue weighted by Crippen LogP contribution is 2.19. The van der Waals surface area contributed by atoms with Crippen LogP contribution in [0.2, 0.25) is 0 Å². The third kappa shape index (κ3) is 301. The van der Waals surface area contributed by atoms with Gasteiger partial charge in [0.2, 0.25) is 17.7 Å². The molecule has 0 bridgehead atoms. The van der Waals surface area contributed by atoms with Crippen LogP contribution < -0.4 is 84.4 Å². The molecule has 0 aliphatic heterocycles. The van der Waals surface area contributed by atoms with Crippen molar-refractivity contribution < 1.29 is 117 Å². The molecule has 0 aliphatic rings. The first-order chi connectivity index (χ1) is 52.7. The van der Waals surface area contributed by atoms with Gasteiger partial charge in [0.1, 0.15) is 87.2 Å². The third-order valence-electron chi connectivity index (χ3n) is 8.95. The van der Waals surface area contributed by atoms with E-state index >= 15 is 0 Å². The Morgan fingerprint density at radius 3 is 0.824 bits per heavy atom. The molecular formula is C84H186N14O24S3. The Bertz CT molecular complexity index is 2580. The summed E-state index contributed by atoms with van der Waals surface area (Å²) in [5.74, 6) is -2.15. The molecule has 0 heterocycles. The summed E-state index contributed by atoms with van der Waals surface area (Å²) in [4.78, 5) is 163. The van der Waals surface area contributed by atoms with E-state index in [1.807, 2.05) is 155 Å². The fourth-order valence-electron chi connectivity index (χ4n) is 5.01. The minimum Gasteiger partial charge on any atom is -0.508 e. The van der Waals surface area contributed by atoms with Crippen molar-refractivity contribution in [3.8, 4) is 5.75 Å². The summed E-state index contributed by atoms with van der Waals surface area (Å²) in [6, 6.07) is 38.6. The van der Waals surface area contributed by atoms with Gasteiger partial charge in [0.05, 0.1) is 6.04 Å². The monoisotopic (exact) mass is 1870 g/mol. The largest absolute Gasteiger partial charge is 0.508 e. The molecule has 0 radical (unpaired) electrons. The number of benzene rings is 5. The van der Waals surface area contributed by atoms with Gasteiger partial charge in [-0.15, -0.1) is 0 Å². The minimum absolute atomic E-state index is 0. The summed E-state index contributed by atoms with van der Waals surface area (Å²) in [5, 5.41) is 42.9. The maximum absolute atomic E-state index is 10.7. The van der Waals surface area contributed by atoms with Gasteiger partial charge in [-0.1, -0.05) is 254 Å². The van der Waals surface area contributed by atoms with Crippen LogP contribution in [0, 0.1) is 19.3 Å². The number of carboxylic acids is 4. The van der Waals surface area contributed by atoms with E-state index in [1.165, 1.54) is 51.1 Å². The van der Waals surface area contributed by atoms with Gasteiger partial charge >= 0.3 is 23.9 Å². The molecule has 125 heavy (non-hydrogen) atoms. The smallest absolute Gasteiger partial charge is 0.303 e. The Hall–Kier alpha value is -10.9. The van der Waals surface area contributed by atoms with Gasteiger partial charge in [-0.3, -0.25) is 33.6 Å². The average molecular weight is 1870 g/mol. The Kier molecular flexibility index (Phi) is 435. The molecule has 0 fully saturated rings. The van der Waals surface area contributed by atoms with Crippen molar-refractivity contribution >= 4 is 173 Å². The van der Waals surface area contributed by atoms with E-state index in [9.17, 15) is 33.6 Å². The third-order valence-corrected chi connectivity index (χ3v) is 10.1. The topological polar surface area (TPSA) is 880 Å². The fraction of sp³-hybridized carbons (Fsp3) is 0.440. The van der Waals surface area contributed by atoms with Crippen molar-refractivity contribution in [2.24, 2.45) is 28.3 Å². The van der Waals surface area contributed by atoms with Crippen LogP contribution in [0.5, 0.6) is 5.75 Å². The molecule has 754 valence electrons. The summed E-state index contributed by atoms with van der Waals surface area (Å²) in [6.45, 7) is 65.3. The minimum atomic E-state index is -0.745. The fourth-order valence-corrected chi connectivity index (χ4v) is 5.95. The van der Waals surface area contributed by atoms with Crippen LogP contribution in [0.15, 0.2) is 115 Å². The van der Waals surface area contributed by atoms with E-state index in [-0.39, 0.29) is 128 Å². The molecule has 41 heteroatoms. The second-order valence-electron chi connectivity index (χ2n) is 19.1. The molecule has 0 aliphatic carbocycles. The molecule has 0 aromatic heterocycles. The highest BCUT2D eigenvalue weighted by atomic mass is 32.2. The molecule has 0 saturated carbocycles. The summed E-state index contributed by atoms with van der Waals surface area (Å²) in [7, 11) is 0. The van der Waals surface area contributed by atoms with Crippen LogP contribution in [0.3, 0.4) is 0 Å². The van der Waals surface area contributed by atoms with Crippen LogP contribution >= 0.6 is 38.8 Å². The van der Waals surface area contributed by atoms with Crippen molar-refractivity contribution in [1.82, 2.24) is 61.5 Å². The molecular weight excluding hydrogens is 1690 g/mol. The summed E-state index contributed by atoms with van der Waals surface area (Å²) >= 11 is 1.63. The zero-order chi connectivity index (χ0) is 93.9. The Morgan fingerprint density at radius 2 is 0.624 bits per heavy atom. The SMILES string of the molecule is C.C.C=O.C=O.C=O.C=O.C=O.C=O.C=O.C=O.C=O.C=O.C=O.C=O.CC.CC.CC.CC(C)(C)C.CC(N)=O.CCC(=O)O.CCC(=O)O.CCC(N)=O.CCCC(=O)O.CCCC(=O)O.CCc1ccc(O)cc1.CCc1cccc2ccccc12.CCc1ccccc1.Cc1cc(C)cc(CSCC(N)C(N)=O)c1.N.N.N.N.N.N.N.N.N.N.S.S. The number of aromatic hydroxyl groups is 1. The molecule has 5 rings (SSSR count). The number of thioether (sulfide) groups is 1. The number of phenols is 1. The lowest BCUT2D eigenvalue weighted by Crippen LogP contribution is -2.38. The first-order valence-corrected chi connectivity index (χ1v) is 34.8. The number of carboxylic acid groups (broad SMARTS) is 4. The highest BCUT2D eigenvalue weighted by molar-refractivity contribution is 7.98. The molecule has 43 N–H and O–H groups in total. The molecule has 5 aromatic carbocycles. The van der Waals surface area contributed by atoms with E-state index in [0.717, 1.165) is 37.9 Å². The van der Waals surface area contributed by atoms with Crippen LogP contribution in [-0.4, -0.2) is 160 Å². The Morgan fingerprint density at radius 1 is 0.384 bits per heavy atom. The number of aliphatic carboxylic acids is 4. The van der Waals surface area contributed by atoms with Crippen molar-refractivity contribution in [3.05, 3.63) is 149 Å². The van der Waals surface area contributed by atoms with Gasteiger partial charge in [-0.25, -0.2) is 0 Å². The standard InChI is InChI=1S/C12H18N2OS.C12H12.C8H10O.C8H10.C5H12.2C4H8O2.C3H7NO.2C3H6O2.C2H5NO.3C2H6.12CH2O.2CH4.10H3N.2H2S/c1-8-3-9(2)5-10(4-8)6-16-7-11(13)12(14)15;1-2-10-7-5-8-11-6-3-4-9-12(10)11;1-2-7-3-5-8(9)6-4-7;1-2-8-6-4-3-5-7-8;1-5(2,3)4;2*1-2-3-4(5)6;3*1-2-3(4)5;1-2(3)4;15*1-2;;;;;;;;;;;;;;/h3-5,11H,6-7,13H2,1-2H3,(H2,14,15);3-9H,2H2,1H3;3-6,9H,2H2,1H3;3-7H,2H2,1H3;1-4H3;2*2-3H2,1H3,(H,5,6);2H2,1H3,(H2,4,5);2*2H2,1H3,(H,4,5);1H3,(H2,3,4);3*1-2H3;12*1H2;2*1H4;10*1H3;2*1H2. The van der Waals surface area contributed by atoms with Crippen LogP contribution in [0.25, 0.3) is 10.8 Å². The number of hydrogen-bond acceptors (Lipinski definition) is 32. The van der Waals surface area contributed by atoms with Gasteiger partial charge < -0.3 is 168 Å². The Labute approximate surface area is 771 Å². The number of carbonyl (C=O) groups is 19. The maximum Gasteiger partial charge on any atom is 0.303 e. The molecule has 0 spiro atoms. The first kappa shape index (κ1) is 233. The molecule has 1 atom stereocenters. The van der Waals surface area contributed by atoms with Crippen LogP contribution in [-0.2, 0) is 116 Å². The quantitative estimate of drug-likeness (QED) is 0.0463. The number of rotatable bonds is 15.